The van der Waals surface area contributed by atoms with Gasteiger partial charge in [0.2, 0.25) is 0 Å². The Morgan fingerprint density at radius 2 is 0.806 bits per heavy atom. The summed E-state index contributed by atoms with van der Waals surface area (Å²) in [4.78, 5) is 0. The van der Waals surface area contributed by atoms with E-state index in [-0.39, 0.29) is 11.5 Å². The van der Waals surface area contributed by atoms with Crippen LogP contribution in [0.15, 0.2) is 97.1 Å². The fourth-order valence-corrected chi connectivity index (χ4v) is 7.98. The van der Waals surface area contributed by atoms with Crippen LogP contribution in [0.1, 0.15) is 0 Å². The lowest BCUT2D eigenvalue weighted by Gasteiger charge is -2.16. The molecule has 2 N–H and O–H groups in total. The molecule has 8 rings (SSSR count). The van der Waals surface area contributed by atoms with Crippen molar-refractivity contribution < 1.29 is 10.2 Å². The Labute approximate surface area is 213 Å². The maximum Gasteiger partial charge on any atom is 0.124 e. The smallest absolute Gasteiger partial charge is 0.124 e. The summed E-state index contributed by atoms with van der Waals surface area (Å²) in [6, 6.07) is 32.8. The maximum atomic E-state index is 11.4. The number of hydrogen-bond acceptors (Lipinski definition) is 4. The van der Waals surface area contributed by atoms with Gasteiger partial charge in [-0.05, 0) is 47.2 Å². The molecule has 0 atom stereocenters. The van der Waals surface area contributed by atoms with Crippen molar-refractivity contribution in [2.24, 2.45) is 0 Å². The van der Waals surface area contributed by atoms with E-state index in [9.17, 15) is 10.2 Å². The van der Waals surface area contributed by atoms with Gasteiger partial charge in [-0.3, -0.25) is 0 Å². The van der Waals surface area contributed by atoms with E-state index in [4.69, 9.17) is 0 Å². The van der Waals surface area contributed by atoms with Gasteiger partial charge in [-0.1, -0.05) is 60.7 Å². The normalized spacial score (nSPS) is 12.1. The lowest BCUT2D eigenvalue weighted by Crippen LogP contribution is -1.88. The highest BCUT2D eigenvalue weighted by molar-refractivity contribution is 7.26. The number of rotatable bonds is 1. The van der Waals surface area contributed by atoms with Crippen molar-refractivity contribution in [3.8, 4) is 22.6 Å². The van der Waals surface area contributed by atoms with Gasteiger partial charge in [0.05, 0.1) is 0 Å². The van der Waals surface area contributed by atoms with Crippen LogP contribution in [-0.4, -0.2) is 10.2 Å². The molecule has 0 radical (unpaired) electrons. The second-order valence-electron chi connectivity index (χ2n) is 9.19. The first-order valence-electron chi connectivity index (χ1n) is 11.8. The molecule has 0 saturated heterocycles. The monoisotopic (exact) mass is 498 g/mol. The topological polar surface area (TPSA) is 40.5 Å². The minimum absolute atomic E-state index is 0.171. The molecule has 36 heavy (non-hydrogen) atoms. The Kier molecular flexibility index (Phi) is 4.02. The average molecular weight is 499 g/mol. The quantitative estimate of drug-likeness (QED) is 0.236. The third-order valence-electron chi connectivity index (χ3n) is 7.26. The van der Waals surface area contributed by atoms with Gasteiger partial charge < -0.3 is 10.2 Å². The number of phenols is 2. The molecule has 170 valence electrons. The summed E-state index contributed by atoms with van der Waals surface area (Å²) in [6.07, 6.45) is 0. The van der Waals surface area contributed by atoms with Crippen LogP contribution >= 0.6 is 22.7 Å². The molecule has 0 saturated carbocycles. The van der Waals surface area contributed by atoms with Crippen molar-refractivity contribution in [3.63, 3.8) is 0 Å². The lowest BCUT2D eigenvalue weighted by molar-refractivity contribution is 0.470. The summed E-state index contributed by atoms with van der Waals surface area (Å²) in [5.74, 6) is 0.342. The number of benzene rings is 6. The first kappa shape index (κ1) is 20.1. The van der Waals surface area contributed by atoms with Gasteiger partial charge in [0, 0.05) is 62.2 Å². The van der Waals surface area contributed by atoms with Gasteiger partial charge in [0.25, 0.3) is 0 Å². The SMILES string of the molecule is Oc1ccc2ccc3sc4ccccc4c3c2c1-c1c(O)ccc2ccc3sc4ccccc4c3c12. The van der Waals surface area contributed by atoms with E-state index in [0.717, 1.165) is 32.3 Å². The van der Waals surface area contributed by atoms with Crippen molar-refractivity contribution in [3.05, 3.63) is 97.1 Å². The van der Waals surface area contributed by atoms with Gasteiger partial charge in [0.1, 0.15) is 11.5 Å². The van der Waals surface area contributed by atoms with Crippen LogP contribution in [0.25, 0.3) is 73.0 Å². The number of fused-ring (bicyclic) bond motifs is 10. The second-order valence-corrected chi connectivity index (χ2v) is 11.4. The number of phenolic OH excluding ortho intramolecular Hbond substituents is 2. The Balaban J connectivity index is 1.66. The molecular formula is C32H18O2S2. The van der Waals surface area contributed by atoms with Gasteiger partial charge in [0.15, 0.2) is 0 Å². The summed E-state index contributed by atoms with van der Waals surface area (Å²) in [5, 5.41) is 31.5. The van der Waals surface area contributed by atoms with E-state index >= 15 is 0 Å². The molecule has 2 aromatic heterocycles. The molecule has 0 spiro atoms. The highest BCUT2D eigenvalue weighted by Gasteiger charge is 2.22. The van der Waals surface area contributed by atoms with Crippen LogP contribution in [0, 0.1) is 0 Å². The number of aromatic hydroxyl groups is 2. The van der Waals surface area contributed by atoms with E-state index < -0.39 is 0 Å². The lowest BCUT2D eigenvalue weighted by atomic mass is 9.89. The molecule has 4 heteroatoms. The first-order valence-corrected chi connectivity index (χ1v) is 13.4. The molecule has 8 aromatic rings. The van der Waals surface area contributed by atoms with Gasteiger partial charge in [-0.25, -0.2) is 0 Å². The highest BCUT2D eigenvalue weighted by atomic mass is 32.1. The van der Waals surface area contributed by atoms with Gasteiger partial charge in [-0.15, -0.1) is 22.7 Å². The number of thiophene rings is 2. The number of hydrogen-bond donors (Lipinski definition) is 2. The minimum Gasteiger partial charge on any atom is -0.507 e. The van der Waals surface area contributed by atoms with E-state index in [1.807, 2.05) is 12.1 Å². The standard InChI is InChI=1S/C32H18O2S2/c33-21-13-9-17-11-15-25-29(19-5-1-3-7-23(19)35-25)27(17)31(21)32-22(34)14-10-18-12-16-26-30(28(18)32)20-6-2-4-8-24(20)36-26/h1-16,33-34H. The van der Waals surface area contributed by atoms with Crippen molar-refractivity contribution in [2.45, 2.75) is 0 Å². The second kappa shape index (κ2) is 7.20. The fourth-order valence-electron chi connectivity index (χ4n) is 5.75. The molecular weight excluding hydrogens is 480 g/mol. The molecule has 0 aliphatic rings. The molecule has 0 fully saturated rings. The van der Waals surface area contributed by atoms with E-state index in [2.05, 4.69) is 72.8 Å². The van der Waals surface area contributed by atoms with Crippen molar-refractivity contribution >= 4 is 84.6 Å². The Morgan fingerprint density at radius 1 is 0.389 bits per heavy atom. The highest BCUT2D eigenvalue weighted by Crippen LogP contribution is 2.51. The molecule has 0 amide bonds. The van der Waals surface area contributed by atoms with Gasteiger partial charge in [-0.2, -0.15) is 0 Å². The van der Waals surface area contributed by atoms with Crippen LogP contribution in [0.4, 0.5) is 0 Å². The third kappa shape index (κ3) is 2.60. The Hall–Kier alpha value is -4.12. The summed E-state index contributed by atoms with van der Waals surface area (Å²) < 4.78 is 4.76. The van der Waals surface area contributed by atoms with Gasteiger partial charge >= 0.3 is 0 Å². The molecule has 2 nitrogen and oxygen atoms in total. The summed E-state index contributed by atoms with van der Waals surface area (Å²) >= 11 is 3.51. The van der Waals surface area contributed by atoms with Crippen LogP contribution in [0.5, 0.6) is 11.5 Å². The zero-order chi connectivity index (χ0) is 24.0. The summed E-state index contributed by atoms with van der Waals surface area (Å²) in [5.41, 5.74) is 1.38. The van der Waals surface area contributed by atoms with Crippen molar-refractivity contribution in [2.75, 3.05) is 0 Å². The maximum absolute atomic E-state index is 11.4. The van der Waals surface area contributed by atoms with E-state index in [0.29, 0.717) is 11.1 Å². The molecule has 0 unspecified atom stereocenters. The fraction of sp³-hybridized carbons (Fsp3) is 0. The third-order valence-corrected chi connectivity index (χ3v) is 9.53. The first-order chi connectivity index (χ1) is 17.7. The average Bonchev–Trinajstić information content (AvgIpc) is 3.47. The van der Waals surface area contributed by atoms with Crippen LogP contribution in [0.3, 0.4) is 0 Å². The summed E-state index contributed by atoms with van der Waals surface area (Å²) in [7, 11) is 0. The van der Waals surface area contributed by atoms with Crippen LogP contribution < -0.4 is 0 Å². The van der Waals surface area contributed by atoms with Crippen molar-refractivity contribution in [1.29, 1.82) is 0 Å². The Morgan fingerprint density at radius 3 is 1.28 bits per heavy atom. The Bertz CT molecular complexity index is 2030. The van der Waals surface area contributed by atoms with E-state index in [1.54, 1.807) is 34.8 Å². The predicted molar refractivity (Wildman–Crippen MR) is 156 cm³/mol. The molecule has 6 aromatic carbocycles. The predicted octanol–water partition coefficient (Wildman–Crippen LogP) is 9.81. The zero-order valence-electron chi connectivity index (χ0n) is 18.9. The molecule has 0 aliphatic carbocycles. The molecule has 0 bridgehead atoms. The van der Waals surface area contributed by atoms with Crippen LogP contribution in [0.2, 0.25) is 0 Å². The van der Waals surface area contributed by atoms with Crippen molar-refractivity contribution in [1.82, 2.24) is 0 Å². The largest absolute Gasteiger partial charge is 0.507 e. The summed E-state index contributed by atoms with van der Waals surface area (Å²) in [6.45, 7) is 0. The molecule has 2 heterocycles. The minimum atomic E-state index is 0.171. The zero-order valence-corrected chi connectivity index (χ0v) is 20.6. The van der Waals surface area contributed by atoms with Crippen LogP contribution in [-0.2, 0) is 0 Å². The van der Waals surface area contributed by atoms with E-state index in [1.165, 1.54) is 29.6 Å². The molecule has 0 aliphatic heterocycles.